The Morgan fingerprint density at radius 3 is 2.21 bits per heavy atom. The molecule has 0 aliphatic carbocycles. The van der Waals surface area contributed by atoms with Crippen LogP contribution in [-0.4, -0.2) is 22.4 Å². The lowest BCUT2D eigenvalue weighted by atomic mass is 10.1. The number of fused-ring (bicyclic) bond motifs is 1. The van der Waals surface area contributed by atoms with Crippen LogP contribution in [0.5, 0.6) is 0 Å². The van der Waals surface area contributed by atoms with Crippen LogP contribution in [0, 0.1) is 0 Å². The Labute approximate surface area is 163 Å². The van der Waals surface area contributed by atoms with Crippen molar-refractivity contribution in [3.05, 3.63) is 81.6 Å². The highest BCUT2D eigenvalue weighted by Gasteiger charge is 2.11. The van der Waals surface area contributed by atoms with Gasteiger partial charge in [-0.2, -0.15) is 0 Å². The molecule has 0 saturated heterocycles. The lowest BCUT2D eigenvalue weighted by Crippen LogP contribution is -2.30. The topological polar surface area (TPSA) is 80.2 Å². The summed E-state index contributed by atoms with van der Waals surface area (Å²) < 4.78 is 1.58. The second-order valence-electron chi connectivity index (χ2n) is 6.98. The molecule has 0 fully saturated rings. The minimum Gasteiger partial charge on any atom is -0.350 e. The predicted octanol–water partition coefficient (Wildman–Crippen LogP) is 2.61. The molecule has 2 aromatic carbocycles. The number of aryl methyl sites for hydroxylation is 1. The molecule has 0 aliphatic heterocycles. The Bertz CT molecular complexity index is 1080. The molecule has 1 aromatic heterocycles. The van der Waals surface area contributed by atoms with Gasteiger partial charge in [-0.3, -0.25) is 14.4 Å². The van der Waals surface area contributed by atoms with Gasteiger partial charge in [0.15, 0.2) is 0 Å². The summed E-state index contributed by atoms with van der Waals surface area (Å²) in [5.41, 5.74) is 2.15. The second kappa shape index (κ2) is 8.08. The summed E-state index contributed by atoms with van der Waals surface area (Å²) in [4.78, 5) is 36.9. The summed E-state index contributed by atoms with van der Waals surface area (Å²) >= 11 is 0. The number of nitrogens with zero attached hydrogens (tertiary/aromatic N) is 1. The third kappa shape index (κ3) is 4.11. The summed E-state index contributed by atoms with van der Waals surface area (Å²) in [7, 11) is 1.72. The van der Waals surface area contributed by atoms with E-state index in [1.165, 1.54) is 0 Å². The molecule has 2 amide bonds. The highest BCUT2D eigenvalue weighted by Crippen LogP contribution is 2.12. The molecule has 3 aromatic rings. The van der Waals surface area contributed by atoms with Crippen molar-refractivity contribution in [2.45, 2.75) is 26.4 Å². The van der Waals surface area contributed by atoms with E-state index in [2.05, 4.69) is 10.6 Å². The summed E-state index contributed by atoms with van der Waals surface area (Å²) in [5, 5.41) is 6.52. The zero-order valence-corrected chi connectivity index (χ0v) is 16.2. The number of carbonyl (C=O) groups is 2. The van der Waals surface area contributed by atoms with Crippen LogP contribution in [0.15, 0.2) is 59.4 Å². The van der Waals surface area contributed by atoms with Crippen molar-refractivity contribution >= 4 is 22.7 Å². The van der Waals surface area contributed by atoms with Crippen LogP contribution in [-0.2, 0) is 13.6 Å². The number of benzene rings is 2. The van der Waals surface area contributed by atoms with Gasteiger partial charge in [0.2, 0.25) is 0 Å². The first-order valence-corrected chi connectivity index (χ1v) is 9.13. The van der Waals surface area contributed by atoms with E-state index in [9.17, 15) is 14.4 Å². The van der Waals surface area contributed by atoms with Crippen LogP contribution in [0.25, 0.3) is 10.9 Å². The van der Waals surface area contributed by atoms with Gasteiger partial charge in [-0.15, -0.1) is 0 Å². The molecule has 0 spiro atoms. The first kappa shape index (κ1) is 19.4. The number of pyridine rings is 1. The quantitative estimate of drug-likeness (QED) is 0.717. The number of rotatable bonds is 5. The van der Waals surface area contributed by atoms with E-state index < -0.39 is 0 Å². The van der Waals surface area contributed by atoms with Gasteiger partial charge in [-0.1, -0.05) is 18.2 Å². The van der Waals surface area contributed by atoms with E-state index in [0.717, 1.165) is 10.9 Å². The van der Waals surface area contributed by atoms with Crippen LogP contribution in [0.3, 0.4) is 0 Å². The van der Waals surface area contributed by atoms with E-state index in [-0.39, 0.29) is 30.0 Å². The lowest BCUT2D eigenvalue weighted by Gasteiger charge is -2.10. The van der Waals surface area contributed by atoms with E-state index in [0.29, 0.717) is 16.7 Å². The number of carbonyl (C=O) groups excluding carboxylic acids is 2. The van der Waals surface area contributed by atoms with Crippen LogP contribution in [0.4, 0.5) is 0 Å². The average molecular weight is 377 g/mol. The van der Waals surface area contributed by atoms with E-state index in [1.807, 2.05) is 38.1 Å². The molecule has 6 heteroatoms. The van der Waals surface area contributed by atoms with Crippen LogP contribution < -0.4 is 16.2 Å². The van der Waals surface area contributed by atoms with Gasteiger partial charge in [-0.05, 0) is 55.6 Å². The second-order valence-corrected chi connectivity index (χ2v) is 6.98. The van der Waals surface area contributed by atoms with Crippen molar-refractivity contribution in [3.63, 3.8) is 0 Å². The zero-order chi connectivity index (χ0) is 20.3. The third-order valence-electron chi connectivity index (χ3n) is 4.48. The molecule has 0 saturated carbocycles. The molecule has 28 heavy (non-hydrogen) atoms. The third-order valence-corrected chi connectivity index (χ3v) is 4.48. The van der Waals surface area contributed by atoms with Crippen molar-refractivity contribution in [3.8, 4) is 0 Å². The van der Waals surface area contributed by atoms with Crippen molar-refractivity contribution in [1.82, 2.24) is 15.2 Å². The predicted molar refractivity (Wildman–Crippen MR) is 109 cm³/mol. The maximum atomic E-state index is 12.5. The minimum atomic E-state index is -0.300. The van der Waals surface area contributed by atoms with Crippen molar-refractivity contribution in [2.24, 2.45) is 7.05 Å². The molecule has 144 valence electrons. The molecular formula is C22H23N3O3. The summed E-state index contributed by atoms with van der Waals surface area (Å²) in [6, 6.07) is 15.9. The molecule has 0 bridgehead atoms. The number of amides is 2. The van der Waals surface area contributed by atoms with Gasteiger partial charge in [0.25, 0.3) is 17.4 Å². The number of hydrogen-bond acceptors (Lipinski definition) is 3. The smallest absolute Gasteiger partial charge is 0.255 e. The summed E-state index contributed by atoms with van der Waals surface area (Å²) in [5.74, 6) is -0.479. The van der Waals surface area contributed by atoms with Gasteiger partial charge >= 0.3 is 0 Å². The molecular weight excluding hydrogens is 354 g/mol. The van der Waals surface area contributed by atoms with Crippen LogP contribution >= 0.6 is 0 Å². The molecule has 1 heterocycles. The molecule has 0 radical (unpaired) electrons. The number of hydrogen-bond donors (Lipinski definition) is 2. The fraction of sp³-hybridized carbons (Fsp3) is 0.227. The van der Waals surface area contributed by atoms with E-state index >= 15 is 0 Å². The standard InChI is InChI=1S/C22H23N3O3/c1-14(2)24-21(27)16-10-8-15(9-11-16)20(26)23-13-18-12-17-6-4-5-7-19(17)25(3)22(18)28/h4-12,14H,13H2,1-3H3,(H,23,26)(H,24,27). The van der Waals surface area contributed by atoms with Crippen LogP contribution in [0.1, 0.15) is 40.1 Å². The Morgan fingerprint density at radius 1 is 0.964 bits per heavy atom. The summed E-state index contributed by atoms with van der Waals surface area (Å²) in [6.45, 7) is 3.90. The maximum absolute atomic E-state index is 12.5. The highest BCUT2D eigenvalue weighted by atomic mass is 16.2. The zero-order valence-electron chi connectivity index (χ0n) is 16.2. The Balaban J connectivity index is 1.72. The summed E-state index contributed by atoms with van der Waals surface area (Å²) in [6.07, 6.45) is 0. The number of nitrogens with one attached hydrogen (secondary N) is 2. The lowest BCUT2D eigenvalue weighted by molar-refractivity contribution is 0.0934. The van der Waals surface area contributed by atoms with Gasteiger partial charge in [0.1, 0.15) is 0 Å². The molecule has 6 nitrogen and oxygen atoms in total. The van der Waals surface area contributed by atoms with Gasteiger partial charge in [0, 0.05) is 36.3 Å². The Morgan fingerprint density at radius 2 is 1.57 bits per heavy atom. The van der Waals surface area contributed by atoms with Gasteiger partial charge in [-0.25, -0.2) is 0 Å². The fourth-order valence-corrected chi connectivity index (χ4v) is 3.01. The Hall–Kier alpha value is -3.41. The fourth-order valence-electron chi connectivity index (χ4n) is 3.01. The SMILES string of the molecule is CC(C)NC(=O)c1ccc(C(=O)NCc2cc3ccccc3n(C)c2=O)cc1. The molecule has 3 rings (SSSR count). The minimum absolute atomic E-state index is 0.0417. The first-order valence-electron chi connectivity index (χ1n) is 9.13. The molecule has 0 aliphatic rings. The molecule has 0 unspecified atom stereocenters. The largest absolute Gasteiger partial charge is 0.350 e. The van der Waals surface area contributed by atoms with Crippen molar-refractivity contribution in [1.29, 1.82) is 0 Å². The monoisotopic (exact) mass is 377 g/mol. The molecule has 2 N–H and O–H groups in total. The maximum Gasteiger partial charge on any atom is 0.255 e. The van der Waals surface area contributed by atoms with Crippen molar-refractivity contribution in [2.75, 3.05) is 0 Å². The van der Waals surface area contributed by atoms with Gasteiger partial charge < -0.3 is 15.2 Å². The van der Waals surface area contributed by atoms with Gasteiger partial charge in [0.05, 0.1) is 5.52 Å². The highest BCUT2D eigenvalue weighted by molar-refractivity contribution is 5.97. The van der Waals surface area contributed by atoms with Crippen molar-refractivity contribution < 1.29 is 9.59 Å². The average Bonchev–Trinajstić information content (AvgIpc) is 2.69. The number of aromatic nitrogens is 1. The van der Waals surface area contributed by atoms with E-state index in [1.54, 1.807) is 41.9 Å². The number of para-hydroxylation sites is 1. The van der Waals surface area contributed by atoms with Crippen LogP contribution in [0.2, 0.25) is 0 Å². The normalized spacial score (nSPS) is 10.9. The molecule has 0 atom stereocenters. The van der Waals surface area contributed by atoms with E-state index in [4.69, 9.17) is 0 Å². The first-order chi connectivity index (χ1) is 13.4. The Kier molecular flexibility index (Phi) is 5.59.